The first-order valence-corrected chi connectivity index (χ1v) is 3.98. The molecule has 13 heavy (non-hydrogen) atoms. The smallest absolute Gasteiger partial charge is 0.0527 e. The van der Waals surface area contributed by atoms with Crippen LogP contribution < -0.4 is 5.32 Å². The molecule has 0 aromatic heterocycles. The molecule has 0 heterocycles. The lowest BCUT2D eigenvalue weighted by Gasteiger charge is -2.08. The Morgan fingerprint density at radius 3 is 2.38 bits per heavy atom. The van der Waals surface area contributed by atoms with E-state index in [0.717, 1.165) is 22.4 Å². The zero-order valence-electron chi connectivity index (χ0n) is 7.81. The lowest BCUT2D eigenvalue weighted by molar-refractivity contribution is 1.38. The van der Waals surface area contributed by atoms with Crippen molar-refractivity contribution in [1.29, 1.82) is 0 Å². The summed E-state index contributed by atoms with van der Waals surface area (Å²) in [6.07, 6.45) is 10.7. The number of hydrogen-bond donors (Lipinski definition) is 1. The molecule has 0 radical (unpaired) electrons. The minimum atomic E-state index is 0.815. The van der Waals surface area contributed by atoms with Gasteiger partial charge >= 0.3 is 0 Å². The summed E-state index contributed by atoms with van der Waals surface area (Å²) < 4.78 is 0. The van der Waals surface area contributed by atoms with Crippen molar-refractivity contribution < 1.29 is 0 Å². The van der Waals surface area contributed by atoms with E-state index in [0.29, 0.717) is 0 Å². The average molecular weight is 169 g/mol. The van der Waals surface area contributed by atoms with Gasteiger partial charge in [0.05, 0.1) is 5.69 Å². The van der Waals surface area contributed by atoms with Crippen LogP contribution in [0.15, 0.2) is 12.1 Å². The van der Waals surface area contributed by atoms with Crippen molar-refractivity contribution in [3.8, 4) is 24.7 Å². The lowest BCUT2D eigenvalue weighted by atomic mass is 10.0. The van der Waals surface area contributed by atoms with Crippen molar-refractivity contribution >= 4 is 5.69 Å². The van der Waals surface area contributed by atoms with Gasteiger partial charge in [0.1, 0.15) is 0 Å². The highest BCUT2D eigenvalue weighted by Crippen LogP contribution is 2.21. The molecule has 0 fully saturated rings. The molecule has 1 nitrogen and oxygen atoms in total. The Balaban J connectivity index is 3.42. The van der Waals surface area contributed by atoms with Crippen LogP contribution in [0.4, 0.5) is 5.69 Å². The van der Waals surface area contributed by atoms with Gasteiger partial charge in [-0.3, -0.25) is 0 Å². The maximum atomic E-state index is 5.36. The van der Waals surface area contributed by atoms with E-state index in [-0.39, 0.29) is 0 Å². The van der Waals surface area contributed by atoms with Crippen LogP contribution in [0.2, 0.25) is 0 Å². The quantitative estimate of drug-likeness (QED) is 0.634. The standard InChI is InChI=1S/C12H11N/c1-5-10-7-9(3)12(13-4)11(6-2)8-10/h1-2,7-8,13H,3-4H3. The van der Waals surface area contributed by atoms with E-state index in [9.17, 15) is 0 Å². The number of rotatable bonds is 1. The lowest BCUT2D eigenvalue weighted by Crippen LogP contribution is -1.96. The van der Waals surface area contributed by atoms with E-state index in [1.54, 1.807) is 0 Å². The van der Waals surface area contributed by atoms with Gasteiger partial charge in [0.15, 0.2) is 0 Å². The minimum absolute atomic E-state index is 0.815. The molecule has 0 saturated heterocycles. The van der Waals surface area contributed by atoms with Gasteiger partial charge in [-0.25, -0.2) is 0 Å². The van der Waals surface area contributed by atoms with Crippen LogP contribution in [0.3, 0.4) is 0 Å². The summed E-state index contributed by atoms with van der Waals surface area (Å²) >= 11 is 0. The fraction of sp³-hybridized carbons (Fsp3) is 0.167. The maximum absolute atomic E-state index is 5.36. The van der Waals surface area contributed by atoms with Gasteiger partial charge < -0.3 is 5.32 Å². The Morgan fingerprint density at radius 2 is 1.92 bits per heavy atom. The van der Waals surface area contributed by atoms with Crippen molar-refractivity contribution in [2.24, 2.45) is 0 Å². The molecule has 1 aromatic carbocycles. The molecular weight excluding hydrogens is 158 g/mol. The molecule has 1 rings (SSSR count). The largest absolute Gasteiger partial charge is 0.387 e. The van der Waals surface area contributed by atoms with Crippen LogP contribution in [-0.2, 0) is 0 Å². The SMILES string of the molecule is C#Cc1cc(C)c(NC)c(C#C)c1. The molecule has 1 heteroatoms. The Morgan fingerprint density at radius 1 is 1.23 bits per heavy atom. The molecule has 0 amide bonds. The number of hydrogen-bond acceptors (Lipinski definition) is 1. The average Bonchev–Trinajstić information content (AvgIpc) is 2.16. The molecular formula is C12H11N. The highest BCUT2D eigenvalue weighted by atomic mass is 14.8. The third kappa shape index (κ3) is 1.66. The second-order valence-electron chi connectivity index (χ2n) is 2.75. The predicted molar refractivity (Wildman–Crippen MR) is 56.6 cm³/mol. The maximum Gasteiger partial charge on any atom is 0.0527 e. The van der Waals surface area contributed by atoms with Crippen LogP contribution in [0.5, 0.6) is 0 Å². The topological polar surface area (TPSA) is 12.0 Å². The van der Waals surface area contributed by atoms with Gasteiger partial charge in [0.25, 0.3) is 0 Å². The van der Waals surface area contributed by atoms with Gasteiger partial charge in [-0.1, -0.05) is 11.8 Å². The molecule has 0 bridgehead atoms. The van der Waals surface area contributed by atoms with Gasteiger partial charge in [0.2, 0.25) is 0 Å². The minimum Gasteiger partial charge on any atom is -0.387 e. The monoisotopic (exact) mass is 169 g/mol. The predicted octanol–water partition coefficient (Wildman–Crippen LogP) is 2.00. The van der Waals surface area contributed by atoms with E-state index in [4.69, 9.17) is 12.8 Å². The summed E-state index contributed by atoms with van der Waals surface area (Å²) in [5, 5.41) is 3.05. The van der Waals surface area contributed by atoms with Crippen LogP contribution in [-0.4, -0.2) is 7.05 Å². The summed E-state index contributed by atoms with van der Waals surface area (Å²) in [6, 6.07) is 3.77. The van der Waals surface area contributed by atoms with Crippen molar-refractivity contribution in [3.05, 3.63) is 28.8 Å². The molecule has 0 aliphatic heterocycles. The van der Waals surface area contributed by atoms with Crippen molar-refractivity contribution in [2.75, 3.05) is 12.4 Å². The van der Waals surface area contributed by atoms with Crippen molar-refractivity contribution in [3.63, 3.8) is 0 Å². The number of benzene rings is 1. The summed E-state index contributed by atoms with van der Waals surface area (Å²) in [5.74, 6) is 5.17. The van der Waals surface area contributed by atoms with Crippen LogP contribution in [0.1, 0.15) is 16.7 Å². The zero-order valence-corrected chi connectivity index (χ0v) is 7.81. The van der Waals surface area contributed by atoms with E-state index >= 15 is 0 Å². The number of terminal acetylenes is 2. The second kappa shape index (κ2) is 3.70. The number of nitrogens with one attached hydrogen (secondary N) is 1. The molecule has 0 atom stereocenters. The van der Waals surface area contributed by atoms with E-state index in [2.05, 4.69) is 17.2 Å². The Bertz CT molecular complexity index is 402. The van der Waals surface area contributed by atoms with E-state index in [1.807, 2.05) is 26.1 Å². The summed E-state index contributed by atoms with van der Waals surface area (Å²) in [4.78, 5) is 0. The Hall–Kier alpha value is -1.86. The van der Waals surface area contributed by atoms with Crippen molar-refractivity contribution in [1.82, 2.24) is 0 Å². The normalized spacial score (nSPS) is 8.62. The number of anilines is 1. The van der Waals surface area contributed by atoms with Crippen molar-refractivity contribution in [2.45, 2.75) is 6.92 Å². The first-order valence-electron chi connectivity index (χ1n) is 3.98. The van der Waals surface area contributed by atoms with E-state index < -0.39 is 0 Å². The molecule has 0 aliphatic carbocycles. The van der Waals surface area contributed by atoms with Crippen LogP contribution in [0, 0.1) is 31.6 Å². The third-order valence-electron chi connectivity index (χ3n) is 1.91. The molecule has 1 N–H and O–H groups in total. The summed E-state index contributed by atoms with van der Waals surface area (Å²) in [6.45, 7) is 1.98. The first-order chi connectivity index (χ1) is 6.22. The third-order valence-corrected chi connectivity index (χ3v) is 1.91. The fourth-order valence-electron chi connectivity index (χ4n) is 1.32. The Labute approximate surface area is 79.2 Å². The highest BCUT2D eigenvalue weighted by molar-refractivity contribution is 5.65. The molecule has 0 saturated carbocycles. The van der Waals surface area contributed by atoms with Gasteiger partial charge in [-0.05, 0) is 24.6 Å². The van der Waals surface area contributed by atoms with Gasteiger partial charge in [-0.2, -0.15) is 0 Å². The summed E-state index contributed by atoms with van der Waals surface area (Å²) in [5.41, 5.74) is 3.69. The Kier molecular flexibility index (Phi) is 2.62. The zero-order chi connectivity index (χ0) is 9.84. The number of aryl methyl sites for hydroxylation is 1. The van der Waals surface area contributed by atoms with Gasteiger partial charge in [-0.15, -0.1) is 12.8 Å². The molecule has 0 spiro atoms. The second-order valence-corrected chi connectivity index (χ2v) is 2.75. The van der Waals surface area contributed by atoms with Gasteiger partial charge in [0, 0.05) is 18.2 Å². The van der Waals surface area contributed by atoms with E-state index in [1.165, 1.54) is 0 Å². The molecule has 0 unspecified atom stereocenters. The molecule has 64 valence electrons. The first kappa shape index (κ1) is 9.23. The van der Waals surface area contributed by atoms with Crippen LogP contribution in [0.25, 0.3) is 0 Å². The highest BCUT2D eigenvalue weighted by Gasteiger charge is 2.03. The summed E-state index contributed by atoms with van der Waals surface area (Å²) in [7, 11) is 1.85. The van der Waals surface area contributed by atoms with Crippen LogP contribution >= 0.6 is 0 Å². The molecule has 1 aromatic rings. The molecule has 0 aliphatic rings. The fourth-order valence-corrected chi connectivity index (χ4v) is 1.32.